The van der Waals surface area contributed by atoms with Gasteiger partial charge in [-0.1, -0.05) is 46.4 Å². The lowest BCUT2D eigenvalue weighted by atomic mass is 10.0. The van der Waals surface area contributed by atoms with E-state index < -0.39 is 20.1 Å². The van der Waals surface area contributed by atoms with E-state index >= 15 is 0 Å². The van der Waals surface area contributed by atoms with Crippen LogP contribution in [0, 0.1) is 0 Å². The summed E-state index contributed by atoms with van der Waals surface area (Å²) in [5, 5.41) is -0.0581. The highest BCUT2D eigenvalue weighted by Gasteiger charge is 2.76. The van der Waals surface area contributed by atoms with Crippen LogP contribution in [-0.4, -0.2) is 27.2 Å². The Balaban J connectivity index is 2.69. The summed E-state index contributed by atoms with van der Waals surface area (Å²) in [7, 11) is 1.19. The van der Waals surface area contributed by atoms with Gasteiger partial charge in [-0.15, -0.1) is 23.2 Å². The number of methoxy groups -OCH3 is 1. The summed E-state index contributed by atoms with van der Waals surface area (Å²) in [6.45, 7) is 0. The average Bonchev–Trinajstić information content (AvgIpc) is 2.49. The van der Waals surface area contributed by atoms with Gasteiger partial charge in [-0.05, 0) is 6.08 Å². The molecule has 8 heteroatoms. The van der Waals surface area contributed by atoms with E-state index in [0.717, 1.165) is 0 Å². The Labute approximate surface area is 127 Å². The summed E-state index contributed by atoms with van der Waals surface area (Å²) >= 11 is 36.7. The maximum absolute atomic E-state index is 11.6. The first-order valence-corrected chi connectivity index (χ1v) is 6.55. The van der Waals surface area contributed by atoms with E-state index in [1.54, 1.807) is 0 Å². The van der Waals surface area contributed by atoms with Crippen molar-refractivity contribution in [2.24, 2.45) is 0 Å². The van der Waals surface area contributed by atoms with E-state index in [1.165, 1.54) is 13.2 Å². The third kappa shape index (κ3) is 1.35. The molecule has 0 spiro atoms. The molecule has 17 heavy (non-hydrogen) atoms. The van der Waals surface area contributed by atoms with Crippen molar-refractivity contribution < 1.29 is 9.53 Å². The Bertz CT molecular complexity index is 482. The second-order valence-electron chi connectivity index (χ2n) is 3.62. The van der Waals surface area contributed by atoms with Gasteiger partial charge in [-0.3, -0.25) is 0 Å². The maximum atomic E-state index is 11.6. The van der Waals surface area contributed by atoms with Crippen molar-refractivity contribution >= 4 is 75.6 Å². The van der Waals surface area contributed by atoms with Gasteiger partial charge in [0.25, 0.3) is 0 Å². The number of esters is 1. The molecule has 0 radical (unpaired) electrons. The number of ether oxygens (including phenoxy) is 1. The van der Waals surface area contributed by atoms with Crippen molar-refractivity contribution in [2.75, 3.05) is 7.11 Å². The Morgan fingerprint density at radius 2 is 1.71 bits per heavy atom. The summed E-state index contributed by atoms with van der Waals surface area (Å²) < 4.78 is 2.82. The highest BCUT2D eigenvalue weighted by Crippen LogP contribution is 2.71. The maximum Gasteiger partial charge on any atom is 0.335 e. The SMILES string of the molecule is COC(=O)C1=C[C@]2(Cl)C(Cl)=C(Cl)[C@@]1(Cl)C2(Cl)Cl. The number of hydrogen-bond acceptors (Lipinski definition) is 2. The molecule has 2 aliphatic rings. The highest BCUT2D eigenvalue weighted by atomic mass is 35.5. The molecule has 2 atom stereocenters. The van der Waals surface area contributed by atoms with Gasteiger partial charge in [-0.2, -0.15) is 0 Å². The second kappa shape index (κ2) is 3.84. The fourth-order valence-corrected chi connectivity index (χ4v) is 4.37. The zero-order valence-electron chi connectivity index (χ0n) is 8.16. The van der Waals surface area contributed by atoms with Crippen molar-refractivity contribution in [1.29, 1.82) is 0 Å². The summed E-state index contributed by atoms with van der Waals surface area (Å²) in [4.78, 5) is 8.40. The number of carbonyl (C=O) groups excluding carboxylic acids is 1. The number of alkyl halides is 4. The van der Waals surface area contributed by atoms with Crippen LogP contribution in [-0.2, 0) is 9.53 Å². The van der Waals surface area contributed by atoms with Gasteiger partial charge < -0.3 is 4.74 Å². The Morgan fingerprint density at radius 1 is 1.18 bits per heavy atom. The minimum atomic E-state index is -1.76. The normalized spacial score (nSPS) is 38.4. The van der Waals surface area contributed by atoms with Gasteiger partial charge in [0.1, 0.15) is 9.75 Å². The fraction of sp³-hybridized carbons (Fsp3) is 0.444. The minimum Gasteiger partial charge on any atom is -0.466 e. The van der Waals surface area contributed by atoms with Crippen LogP contribution >= 0.6 is 69.6 Å². The van der Waals surface area contributed by atoms with E-state index in [9.17, 15) is 4.79 Å². The molecular formula is C9H4Cl6O2. The third-order valence-corrected chi connectivity index (χ3v) is 6.88. The van der Waals surface area contributed by atoms with E-state index in [-0.39, 0.29) is 15.6 Å². The molecule has 0 aliphatic heterocycles. The monoisotopic (exact) mass is 354 g/mol. The molecule has 2 bridgehead atoms. The molecule has 94 valence electrons. The number of allylic oxidation sites excluding steroid dienone is 3. The van der Waals surface area contributed by atoms with Crippen molar-refractivity contribution in [3.8, 4) is 0 Å². The van der Waals surface area contributed by atoms with E-state index in [0.29, 0.717) is 0 Å². The number of halogens is 6. The van der Waals surface area contributed by atoms with Crippen LogP contribution in [0.25, 0.3) is 0 Å². The molecule has 2 nitrogen and oxygen atoms in total. The molecule has 2 aliphatic carbocycles. The summed E-state index contributed by atoms with van der Waals surface area (Å²) in [5.41, 5.74) is -0.0175. The zero-order chi connectivity index (χ0) is 13.2. The molecular weight excluding hydrogens is 353 g/mol. The van der Waals surface area contributed by atoms with Crippen LogP contribution in [0.15, 0.2) is 21.7 Å². The standard InChI is InChI=1S/C9H4Cl6O2/c1-17-6(16)3-2-7(12)4(10)5(11)8(3,13)9(7,14)15/h2H,1H3/t7-,8+/m0/s1. The van der Waals surface area contributed by atoms with Gasteiger partial charge in [0, 0.05) is 0 Å². The third-order valence-electron chi connectivity index (χ3n) is 2.82. The Hall–Kier alpha value is 0.690. The quantitative estimate of drug-likeness (QED) is 0.525. The van der Waals surface area contributed by atoms with Crippen LogP contribution < -0.4 is 0 Å². The summed E-state index contributed by atoms with van der Waals surface area (Å²) in [6.07, 6.45) is 1.28. The number of rotatable bonds is 1. The average molecular weight is 357 g/mol. The van der Waals surface area contributed by atoms with Gasteiger partial charge in [-0.25, -0.2) is 4.79 Å². The number of carbonyl (C=O) groups is 1. The Kier molecular flexibility index (Phi) is 3.19. The first kappa shape index (κ1) is 14.1. The first-order valence-electron chi connectivity index (χ1n) is 4.28. The Morgan fingerprint density at radius 3 is 2.06 bits per heavy atom. The fourth-order valence-electron chi connectivity index (χ4n) is 1.89. The van der Waals surface area contributed by atoms with E-state index in [2.05, 4.69) is 4.74 Å². The highest BCUT2D eigenvalue weighted by molar-refractivity contribution is 6.67. The smallest absolute Gasteiger partial charge is 0.335 e. The molecule has 0 aromatic heterocycles. The molecule has 0 saturated carbocycles. The van der Waals surface area contributed by atoms with Crippen molar-refractivity contribution in [2.45, 2.75) is 14.1 Å². The van der Waals surface area contributed by atoms with Gasteiger partial charge in [0.2, 0.25) is 0 Å². The molecule has 0 unspecified atom stereocenters. The van der Waals surface area contributed by atoms with Crippen LogP contribution in [0.1, 0.15) is 0 Å². The van der Waals surface area contributed by atoms with Gasteiger partial charge in [0.15, 0.2) is 4.33 Å². The second-order valence-corrected chi connectivity index (χ2v) is 6.87. The van der Waals surface area contributed by atoms with Crippen molar-refractivity contribution in [3.05, 3.63) is 21.7 Å². The van der Waals surface area contributed by atoms with Gasteiger partial charge in [0.05, 0.1) is 22.7 Å². The summed E-state index contributed by atoms with van der Waals surface area (Å²) in [6, 6.07) is 0. The summed E-state index contributed by atoms with van der Waals surface area (Å²) in [5.74, 6) is -0.712. The van der Waals surface area contributed by atoms with Crippen LogP contribution in [0.5, 0.6) is 0 Å². The molecule has 0 heterocycles. The molecule has 0 saturated heterocycles. The van der Waals surface area contributed by atoms with Gasteiger partial charge >= 0.3 is 5.97 Å². The van der Waals surface area contributed by atoms with Crippen molar-refractivity contribution in [1.82, 2.24) is 0 Å². The predicted octanol–water partition coefficient (Wildman–Crippen LogP) is 3.93. The largest absolute Gasteiger partial charge is 0.466 e. The molecule has 2 rings (SSSR count). The molecule has 0 amide bonds. The molecule has 0 N–H and O–H groups in total. The number of fused-ring (bicyclic) bond motifs is 2. The van der Waals surface area contributed by atoms with Crippen molar-refractivity contribution in [3.63, 3.8) is 0 Å². The predicted molar refractivity (Wildman–Crippen MR) is 70.4 cm³/mol. The minimum absolute atomic E-state index is 0.00786. The molecule has 0 aromatic carbocycles. The number of hydrogen-bond donors (Lipinski definition) is 0. The lowest BCUT2D eigenvalue weighted by Gasteiger charge is -2.32. The van der Waals surface area contributed by atoms with Crippen LogP contribution in [0.3, 0.4) is 0 Å². The van der Waals surface area contributed by atoms with Crippen LogP contribution in [0.4, 0.5) is 0 Å². The lowest BCUT2D eigenvalue weighted by molar-refractivity contribution is -0.136. The topological polar surface area (TPSA) is 26.3 Å². The van der Waals surface area contributed by atoms with E-state index in [4.69, 9.17) is 69.6 Å². The zero-order valence-corrected chi connectivity index (χ0v) is 12.7. The van der Waals surface area contributed by atoms with E-state index in [1.807, 2.05) is 0 Å². The first-order chi connectivity index (χ1) is 7.64. The lowest BCUT2D eigenvalue weighted by Crippen LogP contribution is -2.45. The molecule has 0 fully saturated rings. The van der Waals surface area contributed by atoms with Crippen LogP contribution in [0.2, 0.25) is 0 Å². The molecule has 0 aromatic rings.